The van der Waals surface area contributed by atoms with E-state index in [4.69, 9.17) is 5.73 Å². The molecule has 0 bridgehead atoms. The maximum Gasteiger partial charge on any atom is -0.00747 e. The Bertz CT molecular complexity index is 80.9. The molecule has 68 valence electrons. The molecule has 11 heavy (non-hydrogen) atoms. The maximum absolute atomic E-state index is 5.47. The van der Waals surface area contributed by atoms with Crippen LogP contribution in [0.3, 0.4) is 0 Å². The highest BCUT2D eigenvalue weighted by molar-refractivity contribution is 4.57. The Morgan fingerprint density at radius 2 is 1.55 bits per heavy atom. The molecule has 0 saturated heterocycles. The average molecular weight is 157 g/mol. The van der Waals surface area contributed by atoms with Crippen LogP contribution in [-0.4, -0.2) is 6.54 Å². The smallest absolute Gasteiger partial charge is 0.00747 e. The van der Waals surface area contributed by atoms with Crippen molar-refractivity contribution in [2.24, 2.45) is 17.6 Å². The van der Waals surface area contributed by atoms with Gasteiger partial charge in [-0.05, 0) is 24.8 Å². The average Bonchev–Trinajstić information content (AvgIpc) is 2.01. The molecule has 0 radical (unpaired) electrons. The second-order valence-electron chi connectivity index (χ2n) is 3.77. The lowest BCUT2D eigenvalue weighted by atomic mass is 9.95. The minimum Gasteiger partial charge on any atom is -0.330 e. The van der Waals surface area contributed by atoms with E-state index in [1.807, 2.05) is 0 Å². The van der Waals surface area contributed by atoms with Crippen molar-refractivity contribution in [3.63, 3.8) is 0 Å². The van der Waals surface area contributed by atoms with E-state index in [2.05, 4.69) is 20.8 Å². The van der Waals surface area contributed by atoms with Gasteiger partial charge in [0.2, 0.25) is 0 Å². The van der Waals surface area contributed by atoms with Crippen LogP contribution < -0.4 is 5.73 Å². The summed E-state index contributed by atoms with van der Waals surface area (Å²) >= 11 is 0. The number of hydrogen-bond acceptors (Lipinski definition) is 1. The Kier molecular flexibility index (Phi) is 6.63. The van der Waals surface area contributed by atoms with Crippen LogP contribution in [0.25, 0.3) is 0 Å². The Morgan fingerprint density at radius 3 is 2.00 bits per heavy atom. The van der Waals surface area contributed by atoms with Gasteiger partial charge in [0.05, 0.1) is 0 Å². The second kappa shape index (κ2) is 6.66. The Balaban J connectivity index is 3.22. The Hall–Kier alpha value is -0.0400. The van der Waals surface area contributed by atoms with Crippen molar-refractivity contribution < 1.29 is 0 Å². The molecule has 2 N–H and O–H groups in total. The molecular formula is C10H23N. The molecule has 0 aromatic rings. The summed E-state index contributed by atoms with van der Waals surface area (Å²) in [6.07, 6.45) is 5.23. The van der Waals surface area contributed by atoms with Gasteiger partial charge in [0, 0.05) is 0 Å². The lowest BCUT2D eigenvalue weighted by Gasteiger charge is -2.12. The minimum atomic E-state index is 0.828. The van der Waals surface area contributed by atoms with E-state index in [9.17, 15) is 0 Å². The van der Waals surface area contributed by atoms with Crippen LogP contribution >= 0.6 is 0 Å². The van der Waals surface area contributed by atoms with Crippen molar-refractivity contribution in [2.75, 3.05) is 6.54 Å². The monoisotopic (exact) mass is 157 g/mol. The maximum atomic E-state index is 5.47. The van der Waals surface area contributed by atoms with E-state index in [0.717, 1.165) is 18.4 Å². The molecule has 1 nitrogen and oxygen atoms in total. The summed E-state index contributed by atoms with van der Waals surface area (Å²) in [5, 5.41) is 0. The summed E-state index contributed by atoms with van der Waals surface area (Å²) in [5.74, 6) is 1.73. The molecular weight excluding hydrogens is 134 g/mol. The quantitative estimate of drug-likeness (QED) is 0.630. The molecule has 0 heterocycles. The number of rotatable bonds is 6. The summed E-state index contributed by atoms with van der Waals surface area (Å²) in [6, 6.07) is 0. The fourth-order valence-corrected chi connectivity index (χ4v) is 1.20. The van der Waals surface area contributed by atoms with Crippen LogP contribution in [0, 0.1) is 11.8 Å². The highest BCUT2D eigenvalue weighted by atomic mass is 14.5. The molecule has 0 aliphatic heterocycles. The van der Waals surface area contributed by atoms with Gasteiger partial charge in [-0.25, -0.2) is 0 Å². The lowest BCUT2D eigenvalue weighted by molar-refractivity contribution is 0.409. The highest BCUT2D eigenvalue weighted by Crippen LogP contribution is 2.16. The molecule has 0 aliphatic rings. The van der Waals surface area contributed by atoms with E-state index in [1.165, 1.54) is 25.7 Å². The summed E-state index contributed by atoms with van der Waals surface area (Å²) < 4.78 is 0. The van der Waals surface area contributed by atoms with Crippen LogP contribution in [0.5, 0.6) is 0 Å². The minimum absolute atomic E-state index is 0.828. The van der Waals surface area contributed by atoms with Crippen molar-refractivity contribution in [1.82, 2.24) is 0 Å². The van der Waals surface area contributed by atoms with Crippen LogP contribution in [-0.2, 0) is 0 Å². The van der Waals surface area contributed by atoms with E-state index < -0.39 is 0 Å². The lowest BCUT2D eigenvalue weighted by Crippen LogP contribution is -2.06. The van der Waals surface area contributed by atoms with Crippen molar-refractivity contribution in [3.05, 3.63) is 0 Å². The van der Waals surface area contributed by atoms with E-state index >= 15 is 0 Å². The first-order chi connectivity index (χ1) is 5.20. The molecule has 0 amide bonds. The highest BCUT2D eigenvalue weighted by Gasteiger charge is 2.03. The van der Waals surface area contributed by atoms with Crippen molar-refractivity contribution >= 4 is 0 Å². The second-order valence-corrected chi connectivity index (χ2v) is 3.77. The largest absolute Gasteiger partial charge is 0.330 e. The first kappa shape index (κ1) is 11.0. The van der Waals surface area contributed by atoms with E-state index in [0.29, 0.717) is 0 Å². The van der Waals surface area contributed by atoms with E-state index in [-0.39, 0.29) is 0 Å². The van der Waals surface area contributed by atoms with Gasteiger partial charge in [-0.3, -0.25) is 0 Å². The van der Waals surface area contributed by atoms with E-state index in [1.54, 1.807) is 0 Å². The molecule has 0 aromatic carbocycles. The van der Waals surface area contributed by atoms with Crippen LogP contribution in [0.1, 0.15) is 46.5 Å². The number of nitrogens with two attached hydrogens (primary N) is 1. The van der Waals surface area contributed by atoms with Gasteiger partial charge in [-0.1, -0.05) is 40.0 Å². The van der Waals surface area contributed by atoms with Crippen molar-refractivity contribution in [1.29, 1.82) is 0 Å². The zero-order valence-corrected chi connectivity index (χ0v) is 8.27. The van der Waals surface area contributed by atoms with Gasteiger partial charge in [0.25, 0.3) is 0 Å². The summed E-state index contributed by atoms with van der Waals surface area (Å²) in [6.45, 7) is 7.74. The van der Waals surface area contributed by atoms with Crippen LogP contribution in [0.2, 0.25) is 0 Å². The zero-order valence-electron chi connectivity index (χ0n) is 8.27. The molecule has 0 aliphatic carbocycles. The van der Waals surface area contributed by atoms with Gasteiger partial charge in [0.15, 0.2) is 0 Å². The van der Waals surface area contributed by atoms with Gasteiger partial charge in [0.1, 0.15) is 0 Å². The summed E-state index contributed by atoms with van der Waals surface area (Å²) in [4.78, 5) is 0. The molecule has 0 saturated carbocycles. The zero-order chi connectivity index (χ0) is 8.69. The third-order valence-corrected chi connectivity index (χ3v) is 2.51. The first-order valence-electron chi connectivity index (χ1n) is 4.90. The summed E-state index contributed by atoms with van der Waals surface area (Å²) in [5.41, 5.74) is 5.47. The van der Waals surface area contributed by atoms with Crippen LogP contribution in [0.4, 0.5) is 0 Å². The van der Waals surface area contributed by atoms with Gasteiger partial charge >= 0.3 is 0 Å². The third kappa shape index (κ3) is 6.36. The first-order valence-corrected chi connectivity index (χ1v) is 4.90. The van der Waals surface area contributed by atoms with Crippen molar-refractivity contribution in [2.45, 2.75) is 46.5 Å². The fraction of sp³-hybridized carbons (Fsp3) is 1.00. The molecule has 1 heteroatoms. The number of hydrogen-bond donors (Lipinski definition) is 1. The SMILES string of the molecule is CCC(C)CCC(C)CCN. The Morgan fingerprint density at radius 1 is 1.00 bits per heavy atom. The molecule has 0 rings (SSSR count). The molecule has 2 atom stereocenters. The fourth-order valence-electron chi connectivity index (χ4n) is 1.20. The van der Waals surface area contributed by atoms with Gasteiger partial charge < -0.3 is 5.73 Å². The third-order valence-electron chi connectivity index (χ3n) is 2.51. The topological polar surface area (TPSA) is 26.0 Å². The van der Waals surface area contributed by atoms with Crippen molar-refractivity contribution in [3.8, 4) is 0 Å². The van der Waals surface area contributed by atoms with Gasteiger partial charge in [-0.15, -0.1) is 0 Å². The van der Waals surface area contributed by atoms with Gasteiger partial charge in [-0.2, -0.15) is 0 Å². The normalized spacial score (nSPS) is 16.4. The standard InChI is InChI=1S/C10H23N/c1-4-9(2)5-6-10(3)7-8-11/h9-10H,4-8,11H2,1-3H3. The summed E-state index contributed by atoms with van der Waals surface area (Å²) in [7, 11) is 0. The predicted molar refractivity (Wildman–Crippen MR) is 51.5 cm³/mol. The van der Waals surface area contributed by atoms with Crippen LogP contribution in [0.15, 0.2) is 0 Å². The molecule has 0 aromatic heterocycles. The predicted octanol–water partition coefficient (Wildman–Crippen LogP) is 2.80. The molecule has 0 spiro atoms. The Labute approximate surface area is 71.4 Å². The molecule has 2 unspecified atom stereocenters. The molecule has 0 fully saturated rings.